The smallest absolute Gasteiger partial charge is 0.314 e. The molecule has 0 saturated carbocycles. The predicted octanol–water partition coefficient (Wildman–Crippen LogP) is 2.96. The number of nitrogens with one attached hydrogen (secondary N) is 3. The molecule has 0 bridgehead atoms. The standard InChI is InChI=1S/C21H25N5O5/c1-30-18-12-14(17(26(28)29)13-19(18)31-2)9-11-23-21(27)22-10-5-8-20-24-15-6-3-4-7-16(15)25-20/h3-4,6-7,12-13H,5,8-11H2,1-2H3,(H,24,25)(H2,22,23,27). The molecule has 3 aromatic rings. The number of nitro groups is 1. The number of rotatable bonds is 10. The van der Waals surface area contributed by atoms with E-state index in [9.17, 15) is 14.9 Å². The van der Waals surface area contributed by atoms with Gasteiger partial charge in [0.15, 0.2) is 11.5 Å². The molecule has 31 heavy (non-hydrogen) atoms. The quantitative estimate of drug-likeness (QED) is 0.259. The largest absolute Gasteiger partial charge is 0.493 e. The van der Waals surface area contributed by atoms with Crippen molar-refractivity contribution in [2.45, 2.75) is 19.3 Å². The average molecular weight is 427 g/mol. The maximum absolute atomic E-state index is 12.0. The number of imidazole rings is 1. The van der Waals surface area contributed by atoms with Crippen molar-refractivity contribution in [3.05, 3.63) is 57.9 Å². The van der Waals surface area contributed by atoms with Crippen LogP contribution in [0.25, 0.3) is 11.0 Å². The van der Waals surface area contributed by atoms with Gasteiger partial charge in [-0.3, -0.25) is 10.1 Å². The zero-order chi connectivity index (χ0) is 22.2. The highest BCUT2D eigenvalue weighted by molar-refractivity contribution is 5.75. The molecule has 0 fully saturated rings. The van der Waals surface area contributed by atoms with Gasteiger partial charge in [0.1, 0.15) is 5.82 Å². The maximum atomic E-state index is 12.0. The van der Waals surface area contributed by atoms with Crippen molar-refractivity contribution in [3.8, 4) is 11.5 Å². The first-order chi connectivity index (χ1) is 15.0. The number of aromatic nitrogens is 2. The van der Waals surface area contributed by atoms with Gasteiger partial charge in [-0.2, -0.15) is 0 Å². The van der Waals surface area contributed by atoms with Crippen molar-refractivity contribution < 1.29 is 19.2 Å². The number of fused-ring (bicyclic) bond motifs is 1. The van der Waals surface area contributed by atoms with Crippen molar-refractivity contribution in [2.75, 3.05) is 27.3 Å². The second-order valence-electron chi connectivity index (χ2n) is 6.83. The summed E-state index contributed by atoms with van der Waals surface area (Å²) >= 11 is 0. The molecular formula is C21H25N5O5. The molecule has 0 spiro atoms. The molecule has 0 saturated heterocycles. The lowest BCUT2D eigenvalue weighted by atomic mass is 10.1. The van der Waals surface area contributed by atoms with E-state index in [0.717, 1.165) is 23.3 Å². The number of carbonyl (C=O) groups excluding carboxylic acids is 1. The van der Waals surface area contributed by atoms with Crippen LogP contribution in [-0.4, -0.2) is 48.2 Å². The molecule has 0 aliphatic rings. The molecule has 10 nitrogen and oxygen atoms in total. The summed E-state index contributed by atoms with van der Waals surface area (Å²) in [5, 5.41) is 16.8. The number of nitro benzene ring substituents is 1. The number of nitrogens with zero attached hydrogens (tertiary/aromatic N) is 2. The Morgan fingerprint density at radius 1 is 1.10 bits per heavy atom. The Balaban J connectivity index is 1.44. The van der Waals surface area contributed by atoms with Gasteiger partial charge in [-0.25, -0.2) is 9.78 Å². The number of para-hydroxylation sites is 2. The minimum Gasteiger partial charge on any atom is -0.493 e. The van der Waals surface area contributed by atoms with Crippen molar-refractivity contribution in [3.63, 3.8) is 0 Å². The molecule has 2 amide bonds. The molecule has 0 radical (unpaired) electrons. The van der Waals surface area contributed by atoms with Crippen molar-refractivity contribution in [1.29, 1.82) is 0 Å². The van der Waals surface area contributed by atoms with Gasteiger partial charge in [-0.1, -0.05) is 12.1 Å². The zero-order valence-corrected chi connectivity index (χ0v) is 17.4. The summed E-state index contributed by atoms with van der Waals surface area (Å²) in [6.07, 6.45) is 1.73. The van der Waals surface area contributed by atoms with Crippen LogP contribution < -0.4 is 20.1 Å². The van der Waals surface area contributed by atoms with E-state index in [4.69, 9.17) is 9.47 Å². The van der Waals surface area contributed by atoms with Crippen LogP contribution in [-0.2, 0) is 12.8 Å². The number of carbonyl (C=O) groups is 1. The van der Waals surface area contributed by atoms with E-state index in [1.165, 1.54) is 20.3 Å². The summed E-state index contributed by atoms with van der Waals surface area (Å²) in [6, 6.07) is 10.4. The lowest BCUT2D eigenvalue weighted by molar-refractivity contribution is -0.385. The lowest BCUT2D eigenvalue weighted by Gasteiger charge is -2.11. The summed E-state index contributed by atoms with van der Waals surface area (Å²) < 4.78 is 10.3. The van der Waals surface area contributed by atoms with Crippen LogP contribution in [0.5, 0.6) is 11.5 Å². The molecule has 2 aromatic carbocycles. The van der Waals surface area contributed by atoms with E-state index < -0.39 is 4.92 Å². The number of aryl methyl sites for hydroxylation is 1. The fourth-order valence-corrected chi connectivity index (χ4v) is 3.24. The van der Waals surface area contributed by atoms with E-state index in [2.05, 4.69) is 20.6 Å². The Kier molecular flexibility index (Phi) is 7.26. The summed E-state index contributed by atoms with van der Waals surface area (Å²) in [5.74, 6) is 1.57. The van der Waals surface area contributed by atoms with Crippen LogP contribution >= 0.6 is 0 Å². The average Bonchev–Trinajstić information content (AvgIpc) is 3.19. The van der Waals surface area contributed by atoms with Gasteiger partial charge < -0.3 is 25.1 Å². The Hall–Kier alpha value is -3.82. The van der Waals surface area contributed by atoms with Gasteiger partial charge in [0, 0.05) is 25.1 Å². The van der Waals surface area contributed by atoms with E-state index in [-0.39, 0.29) is 30.4 Å². The van der Waals surface area contributed by atoms with E-state index in [0.29, 0.717) is 24.3 Å². The lowest BCUT2D eigenvalue weighted by Crippen LogP contribution is -2.37. The van der Waals surface area contributed by atoms with E-state index in [1.54, 1.807) is 6.07 Å². The Labute approximate surface area is 179 Å². The van der Waals surface area contributed by atoms with Gasteiger partial charge >= 0.3 is 6.03 Å². The van der Waals surface area contributed by atoms with Crippen molar-refractivity contribution >= 4 is 22.8 Å². The highest BCUT2D eigenvalue weighted by Crippen LogP contribution is 2.34. The second-order valence-corrected chi connectivity index (χ2v) is 6.83. The fraction of sp³-hybridized carbons (Fsp3) is 0.333. The minimum absolute atomic E-state index is 0.0781. The zero-order valence-electron chi connectivity index (χ0n) is 17.4. The SMILES string of the molecule is COc1cc(CCNC(=O)NCCCc2nc3ccccc3[nH]2)c([N+](=O)[O-])cc1OC. The third-order valence-corrected chi connectivity index (χ3v) is 4.78. The molecule has 0 unspecified atom stereocenters. The maximum Gasteiger partial charge on any atom is 0.314 e. The van der Waals surface area contributed by atoms with Crippen LogP contribution in [0.3, 0.4) is 0 Å². The number of urea groups is 1. The van der Waals surface area contributed by atoms with Crippen LogP contribution in [0.15, 0.2) is 36.4 Å². The fourth-order valence-electron chi connectivity index (χ4n) is 3.24. The second kappa shape index (κ2) is 10.3. The number of aromatic amines is 1. The molecule has 10 heteroatoms. The molecule has 0 atom stereocenters. The first-order valence-electron chi connectivity index (χ1n) is 9.86. The van der Waals surface area contributed by atoms with Crippen molar-refractivity contribution in [2.24, 2.45) is 0 Å². The topological polar surface area (TPSA) is 131 Å². The summed E-state index contributed by atoms with van der Waals surface area (Å²) in [5.41, 5.74) is 2.29. The monoisotopic (exact) mass is 427 g/mol. The van der Waals surface area contributed by atoms with Crippen LogP contribution in [0.2, 0.25) is 0 Å². The van der Waals surface area contributed by atoms with Crippen LogP contribution in [0.1, 0.15) is 17.8 Å². The number of benzene rings is 2. The molecule has 164 valence electrons. The van der Waals surface area contributed by atoms with Gasteiger partial charge in [-0.05, 0) is 31.0 Å². The van der Waals surface area contributed by atoms with Crippen LogP contribution in [0.4, 0.5) is 10.5 Å². The molecule has 0 aliphatic heterocycles. The first kappa shape index (κ1) is 21.9. The number of methoxy groups -OCH3 is 2. The molecule has 3 rings (SSSR count). The van der Waals surface area contributed by atoms with Gasteiger partial charge in [0.2, 0.25) is 0 Å². The highest BCUT2D eigenvalue weighted by Gasteiger charge is 2.19. The summed E-state index contributed by atoms with van der Waals surface area (Å²) in [7, 11) is 2.88. The Morgan fingerprint density at radius 3 is 2.52 bits per heavy atom. The van der Waals surface area contributed by atoms with E-state index in [1.807, 2.05) is 24.3 Å². The van der Waals surface area contributed by atoms with E-state index >= 15 is 0 Å². The molecule has 3 N–H and O–H groups in total. The minimum atomic E-state index is -0.477. The van der Waals surface area contributed by atoms with Gasteiger partial charge in [0.25, 0.3) is 5.69 Å². The number of hydrogen-bond acceptors (Lipinski definition) is 6. The van der Waals surface area contributed by atoms with Crippen molar-refractivity contribution in [1.82, 2.24) is 20.6 Å². The van der Waals surface area contributed by atoms with Gasteiger partial charge in [-0.15, -0.1) is 0 Å². The van der Waals surface area contributed by atoms with Crippen LogP contribution in [0, 0.1) is 10.1 Å². The summed E-state index contributed by atoms with van der Waals surface area (Å²) in [4.78, 5) is 30.6. The number of hydrogen-bond donors (Lipinski definition) is 3. The number of ether oxygens (including phenoxy) is 2. The highest BCUT2D eigenvalue weighted by atomic mass is 16.6. The molecule has 1 aromatic heterocycles. The Morgan fingerprint density at radius 2 is 1.81 bits per heavy atom. The Bertz CT molecular complexity index is 1030. The summed E-state index contributed by atoms with van der Waals surface area (Å²) in [6.45, 7) is 0.727. The number of amides is 2. The normalized spacial score (nSPS) is 10.6. The third-order valence-electron chi connectivity index (χ3n) is 4.78. The first-order valence-corrected chi connectivity index (χ1v) is 9.86. The molecule has 0 aliphatic carbocycles. The number of H-pyrrole nitrogens is 1. The van der Waals surface area contributed by atoms with Gasteiger partial charge in [0.05, 0.1) is 36.2 Å². The molecular weight excluding hydrogens is 402 g/mol. The molecule has 1 heterocycles. The third kappa shape index (κ3) is 5.62. The predicted molar refractivity (Wildman–Crippen MR) is 116 cm³/mol.